The molecule has 34 heavy (non-hydrogen) atoms. The summed E-state index contributed by atoms with van der Waals surface area (Å²) in [6.45, 7) is 8.13. The Morgan fingerprint density at radius 3 is 2.76 bits per heavy atom. The first-order chi connectivity index (χ1) is 16.1. The molecule has 0 unspecified atom stereocenters. The van der Waals surface area contributed by atoms with Gasteiger partial charge < -0.3 is 33.9 Å². The average Bonchev–Trinajstić information content (AvgIpc) is 3.67. The van der Waals surface area contributed by atoms with E-state index in [1.165, 1.54) is 0 Å². The molecular weight excluding hydrogens is 440 g/mol. The molecule has 3 aliphatic carbocycles. The van der Waals surface area contributed by atoms with E-state index in [-0.39, 0.29) is 41.5 Å². The molecule has 9 heteroatoms. The van der Waals surface area contributed by atoms with Gasteiger partial charge in [0.15, 0.2) is 11.7 Å². The number of cyclic esters (lactones) is 1. The minimum absolute atomic E-state index is 0.0791. The normalized spacial score (nSPS) is 50.9. The molecule has 0 radical (unpaired) electrons. The fraction of sp³-hybridized carbons (Fsp3) is 0.840. The molecule has 3 saturated heterocycles. The largest absolute Gasteiger partial charge is 0.458 e. The summed E-state index contributed by atoms with van der Waals surface area (Å²) in [6.07, 6.45) is 1.03. The molecule has 4 heterocycles. The maximum absolute atomic E-state index is 13.0. The number of nitrogens with one attached hydrogen (secondary N) is 1. The first kappa shape index (κ1) is 21.6. The second kappa shape index (κ2) is 6.35. The molecule has 1 amide bonds. The number of carbonyl (C=O) groups is 2. The number of hydrogen-bond acceptors (Lipinski definition) is 8. The van der Waals surface area contributed by atoms with E-state index in [1.54, 1.807) is 0 Å². The number of esters is 1. The lowest BCUT2D eigenvalue weighted by Gasteiger charge is -2.53. The average molecular weight is 475 g/mol. The summed E-state index contributed by atoms with van der Waals surface area (Å²) in [5.41, 5.74) is -0.134. The fourth-order valence-corrected chi connectivity index (χ4v) is 8.37. The van der Waals surface area contributed by atoms with Crippen LogP contribution in [0.2, 0.25) is 0 Å². The number of epoxide rings is 3. The van der Waals surface area contributed by atoms with E-state index in [2.05, 4.69) is 26.1 Å². The standard InChI is InChI=1S/C25H34N2O7/c1-12(2)23-17(33-23)18-25(34-18)22(3)7-6-13-14(11-30-19(13)28)15(22)10-16-24(25,32-16)20(23)31-21(29)26-8-9-27(4)5/h12,15-18,20H,6-11H2,1-5H3,(H,26,29)/t15-,16-,17-,18+,20+,22-,23-,24+,25+/m0/s1. The molecule has 5 fully saturated rings. The van der Waals surface area contributed by atoms with E-state index in [9.17, 15) is 9.59 Å². The number of hydrogen-bond donors (Lipinski definition) is 1. The van der Waals surface area contributed by atoms with Gasteiger partial charge in [-0.1, -0.05) is 20.8 Å². The van der Waals surface area contributed by atoms with Crippen molar-refractivity contribution in [2.24, 2.45) is 17.3 Å². The Balaban J connectivity index is 1.25. The molecule has 4 aliphatic heterocycles. The number of fused-ring (bicyclic) bond motifs is 4. The van der Waals surface area contributed by atoms with E-state index in [0.29, 0.717) is 19.6 Å². The van der Waals surface area contributed by atoms with Gasteiger partial charge in [0.25, 0.3) is 0 Å². The lowest BCUT2D eigenvalue weighted by molar-refractivity contribution is -0.136. The maximum atomic E-state index is 13.0. The van der Waals surface area contributed by atoms with Crippen LogP contribution < -0.4 is 5.32 Å². The smallest absolute Gasteiger partial charge is 0.407 e. The Kier molecular flexibility index (Phi) is 4.03. The maximum Gasteiger partial charge on any atom is 0.407 e. The van der Waals surface area contributed by atoms with Crippen molar-refractivity contribution in [2.45, 2.75) is 81.3 Å². The van der Waals surface area contributed by atoms with E-state index in [0.717, 1.165) is 30.5 Å². The number of carbonyl (C=O) groups excluding carboxylic acids is 2. The molecule has 186 valence electrons. The first-order valence-corrected chi connectivity index (χ1v) is 12.6. The minimum atomic E-state index is -0.708. The predicted molar refractivity (Wildman–Crippen MR) is 118 cm³/mol. The number of nitrogens with zero attached hydrogens (tertiary/aromatic N) is 1. The molecule has 0 aromatic heterocycles. The van der Waals surface area contributed by atoms with Gasteiger partial charge in [0.05, 0.1) is 6.10 Å². The summed E-state index contributed by atoms with van der Waals surface area (Å²) >= 11 is 0. The number of ether oxygens (including phenoxy) is 5. The van der Waals surface area contributed by atoms with Gasteiger partial charge in [-0.15, -0.1) is 0 Å². The summed E-state index contributed by atoms with van der Waals surface area (Å²) in [6, 6.07) is 0. The molecule has 2 spiro atoms. The van der Waals surface area contributed by atoms with Crippen LogP contribution in [0.25, 0.3) is 0 Å². The Hall–Kier alpha value is -1.68. The van der Waals surface area contributed by atoms with Crippen LogP contribution in [0.1, 0.15) is 40.0 Å². The van der Waals surface area contributed by atoms with Gasteiger partial charge in [-0.3, -0.25) is 0 Å². The summed E-state index contributed by atoms with van der Waals surface area (Å²) in [7, 11) is 3.93. The highest BCUT2D eigenvalue weighted by molar-refractivity contribution is 5.92. The third-order valence-electron chi connectivity index (χ3n) is 10.1. The topological polar surface area (TPSA) is 105 Å². The molecule has 0 aromatic carbocycles. The SMILES string of the molecule is CC(C)[C@]12O[C@H]1[C@H]1O[C@]13[C@]1(O[C@H]1C[C@H]1C4=C(CC[C@@]13C)C(=O)OC4)[C@@H]2OC(=O)NCCN(C)C. The lowest BCUT2D eigenvalue weighted by atomic mass is 9.46. The van der Waals surface area contributed by atoms with Crippen molar-refractivity contribution in [1.82, 2.24) is 10.2 Å². The van der Waals surface area contributed by atoms with Crippen LogP contribution in [0.15, 0.2) is 11.1 Å². The molecule has 7 aliphatic rings. The molecule has 1 N–H and O–H groups in total. The zero-order chi connectivity index (χ0) is 23.8. The van der Waals surface area contributed by atoms with Crippen LogP contribution in [-0.2, 0) is 28.5 Å². The van der Waals surface area contributed by atoms with Crippen LogP contribution in [0.3, 0.4) is 0 Å². The minimum Gasteiger partial charge on any atom is -0.458 e. The van der Waals surface area contributed by atoms with Crippen molar-refractivity contribution in [2.75, 3.05) is 33.8 Å². The van der Waals surface area contributed by atoms with Gasteiger partial charge in [-0.2, -0.15) is 0 Å². The number of amides is 1. The first-order valence-electron chi connectivity index (χ1n) is 12.6. The van der Waals surface area contributed by atoms with E-state index >= 15 is 0 Å². The van der Waals surface area contributed by atoms with Crippen LogP contribution in [0.5, 0.6) is 0 Å². The summed E-state index contributed by atoms with van der Waals surface area (Å²) in [5.74, 6) is 0.138. The highest BCUT2D eigenvalue weighted by atomic mass is 16.8. The van der Waals surface area contributed by atoms with Gasteiger partial charge in [-0.05, 0) is 50.8 Å². The van der Waals surface area contributed by atoms with Crippen molar-refractivity contribution in [1.29, 1.82) is 0 Å². The van der Waals surface area contributed by atoms with Gasteiger partial charge in [0.1, 0.15) is 30.0 Å². The Labute approximate surface area is 199 Å². The Bertz CT molecular complexity index is 1030. The zero-order valence-corrected chi connectivity index (χ0v) is 20.5. The van der Waals surface area contributed by atoms with E-state index < -0.39 is 29.0 Å². The molecule has 0 bridgehead atoms. The zero-order valence-electron chi connectivity index (χ0n) is 20.5. The second-order valence-electron chi connectivity index (χ2n) is 12.0. The summed E-state index contributed by atoms with van der Waals surface area (Å²) in [4.78, 5) is 27.3. The number of rotatable bonds is 5. The molecule has 0 aromatic rings. The third kappa shape index (κ3) is 2.22. The van der Waals surface area contributed by atoms with Crippen molar-refractivity contribution < 1.29 is 33.3 Å². The van der Waals surface area contributed by atoms with Crippen LogP contribution in [0, 0.1) is 17.3 Å². The molecule has 9 atom stereocenters. The molecule has 7 rings (SSSR count). The third-order valence-corrected chi connectivity index (χ3v) is 10.1. The van der Waals surface area contributed by atoms with Crippen molar-refractivity contribution in [3.05, 3.63) is 11.1 Å². The summed E-state index contributed by atoms with van der Waals surface area (Å²) in [5, 5.41) is 2.90. The van der Waals surface area contributed by atoms with Crippen molar-refractivity contribution in [3.8, 4) is 0 Å². The Morgan fingerprint density at radius 1 is 1.24 bits per heavy atom. The van der Waals surface area contributed by atoms with Gasteiger partial charge in [0, 0.05) is 24.1 Å². The van der Waals surface area contributed by atoms with E-state index in [4.69, 9.17) is 23.7 Å². The highest BCUT2D eigenvalue weighted by Gasteiger charge is 3.01. The fourth-order valence-electron chi connectivity index (χ4n) is 8.37. The van der Waals surface area contributed by atoms with Crippen LogP contribution in [0.4, 0.5) is 4.79 Å². The highest BCUT2D eigenvalue weighted by Crippen LogP contribution is 2.83. The molecule has 9 nitrogen and oxygen atoms in total. The monoisotopic (exact) mass is 474 g/mol. The van der Waals surface area contributed by atoms with Crippen molar-refractivity contribution in [3.63, 3.8) is 0 Å². The molecular formula is C25H34N2O7. The van der Waals surface area contributed by atoms with Crippen LogP contribution in [-0.4, -0.2) is 92.0 Å². The number of likely N-dealkylation sites (N-methyl/N-ethyl adjacent to an activating group) is 1. The summed E-state index contributed by atoms with van der Waals surface area (Å²) < 4.78 is 31.4. The van der Waals surface area contributed by atoms with Gasteiger partial charge >= 0.3 is 12.1 Å². The number of alkyl carbamates (subject to hydrolysis) is 1. The second-order valence-corrected chi connectivity index (χ2v) is 12.0. The lowest BCUT2D eigenvalue weighted by Crippen LogP contribution is -2.70. The quantitative estimate of drug-likeness (QED) is 0.471. The molecule has 2 saturated carbocycles. The van der Waals surface area contributed by atoms with E-state index in [1.807, 2.05) is 19.0 Å². The Morgan fingerprint density at radius 2 is 2.03 bits per heavy atom. The van der Waals surface area contributed by atoms with Gasteiger partial charge in [0.2, 0.25) is 0 Å². The predicted octanol–water partition coefficient (Wildman–Crippen LogP) is 1.40. The van der Waals surface area contributed by atoms with Crippen LogP contribution >= 0.6 is 0 Å². The van der Waals surface area contributed by atoms with Crippen molar-refractivity contribution >= 4 is 12.1 Å². The van der Waals surface area contributed by atoms with Gasteiger partial charge in [-0.25, -0.2) is 9.59 Å².